The molecule has 0 N–H and O–H groups in total. The highest BCUT2D eigenvalue weighted by molar-refractivity contribution is 9.10. The number of aromatic nitrogens is 2. The van der Waals surface area contributed by atoms with E-state index in [0.29, 0.717) is 0 Å². The lowest BCUT2D eigenvalue weighted by Crippen LogP contribution is -1.83. The first-order valence-electron chi connectivity index (χ1n) is 3.34. The first kappa shape index (κ1) is 7.95. The van der Waals surface area contributed by atoms with E-state index in [9.17, 15) is 0 Å². The third-order valence-electron chi connectivity index (χ3n) is 1.54. The summed E-state index contributed by atoms with van der Waals surface area (Å²) in [6.45, 7) is 0. The van der Waals surface area contributed by atoms with Gasteiger partial charge in [0.25, 0.3) is 0 Å². The van der Waals surface area contributed by atoms with Gasteiger partial charge in [0.05, 0.1) is 5.52 Å². The minimum Gasteiger partial charge on any atom is -0.226 e. The second-order valence-electron chi connectivity index (χ2n) is 2.31. The van der Waals surface area contributed by atoms with Crippen LogP contribution in [0.4, 0.5) is 0 Å². The van der Waals surface area contributed by atoms with Crippen LogP contribution in [0.2, 0.25) is 5.28 Å². The molecule has 1 aromatic carbocycles. The summed E-state index contributed by atoms with van der Waals surface area (Å²) in [6, 6.07) is 5.75. The lowest BCUT2D eigenvalue weighted by atomic mass is 10.2. The van der Waals surface area contributed by atoms with Crippen LogP contribution < -0.4 is 0 Å². The Hall–Kier alpha value is -0.670. The monoisotopic (exact) mass is 242 g/mol. The van der Waals surface area contributed by atoms with Crippen LogP contribution in [0, 0.1) is 0 Å². The van der Waals surface area contributed by atoms with Crippen LogP contribution in [0.25, 0.3) is 10.9 Å². The zero-order chi connectivity index (χ0) is 8.55. The topological polar surface area (TPSA) is 25.8 Å². The molecule has 0 spiro atoms. The van der Waals surface area contributed by atoms with Crippen molar-refractivity contribution >= 4 is 38.4 Å². The maximum absolute atomic E-state index is 5.63. The molecule has 0 saturated heterocycles. The van der Waals surface area contributed by atoms with Crippen LogP contribution in [0.3, 0.4) is 0 Å². The van der Waals surface area contributed by atoms with E-state index in [-0.39, 0.29) is 5.28 Å². The fraction of sp³-hybridized carbons (Fsp3) is 0. The zero-order valence-electron chi connectivity index (χ0n) is 5.96. The van der Waals surface area contributed by atoms with Crippen molar-refractivity contribution in [3.8, 4) is 0 Å². The predicted molar refractivity (Wildman–Crippen MR) is 52.2 cm³/mol. The fourth-order valence-electron chi connectivity index (χ4n) is 0.997. The van der Waals surface area contributed by atoms with E-state index in [1.54, 1.807) is 6.20 Å². The molecule has 0 aliphatic heterocycles. The minimum atomic E-state index is 0.278. The average Bonchev–Trinajstić information content (AvgIpc) is 2.04. The highest BCUT2D eigenvalue weighted by atomic mass is 79.9. The molecule has 2 rings (SSSR count). The molecule has 12 heavy (non-hydrogen) atoms. The maximum atomic E-state index is 5.63. The van der Waals surface area contributed by atoms with E-state index in [1.165, 1.54) is 0 Å². The Morgan fingerprint density at radius 1 is 1.33 bits per heavy atom. The van der Waals surface area contributed by atoms with Crippen LogP contribution >= 0.6 is 27.5 Å². The molecule has 1 aromatic heterocycles. The summed E-state index contributed by atoms with van der Waals surface area (Å²) in [6.07, 6.45) is 1.70. The number of hydrogen-bond donors (Lipinski definition) is 0. The van der Waals surface area contributed by atoms with Gasteiger partial charge in [-0.25, -0.2) is 9.97 Å². The normalized spacial score (nSPS) is 10.5. The molecule has 0 atom stereocenters. The summed E-state index contributed by atoms with van der Waals surface area (Å²) in [7, 11) is 0. The van der Waals surface area contributed by atoms with Crippen LogP contribution in [0.15, 0.2) is 28.9 Å². The molecule has 0 radical (unpaired) electrons. The van der Waals surface area contributed by atoms with Crippen LogP contribution in [-0.4, -0.2) is 9.97 Å². The summed E-state index contributed by atoms with van der Waals surface area (Å²) in [5.74, 6) is 0. The van der Waals surface area contributed by atoms with Gasteiger partial charge in [0, 0.05) is 16.1 Å². The van der Waals surface area contributed by atoms with E-state index in [0.717, 1.165) is 15.4 Å². The zero-order valence-corrected chi connectivity index (χ0v) is 8.30. The maximum Gasteiger partial charge on any atom is 0.222 e. The Bertz CT molecular complexity index is 430. The molecule has 2 aromatic rings. The van der Waals surface area contributed by atoms with Gasteiger partial charge in [-0.05, 0) is 23.7 Å². The molecular formula is C8H4BrClN2. The van der Waals surface area contributed by atoms with Crippen LogP contribution in [-0.2, 0) is 0 Å². The molecule has 60 valence electrons. The highest BCUT2D eigenvalue weighted by Crippen LogP contribution is 2.21. The Morgan fingerprint density at radius 3 is 3.00 bits per heavy atom. The standard InChI is InChI=1S/C8H4BrClN2/c9-6-2-1-3-7-5(6)4-11-8(10)12-7/h1-4H. The van der Waals surface area contributed by atoms with E-state index >= 15 is 0 Å². The van der Waals surface area contributed by atoms with Gasteiger partial charge in [0.2, 0.25) is 5.28 Å². The first-order chi connectivity index (χ1) is 5.77. The SMILES string of the molecule is Clc1ncc2c(Br)cccc2n1. The molecule has 0 bridgehead atoms. The molecule has 4 heteroatoms. The lowest BCUT2D eigenvalue weighted by molar-refractivity contribution is 1.22. The molecule has 1 heterocycles. The minimum absolute atomic E-state index is 0.278. The van der Waals surface area contributed by atoms with E-state index in [2.05, 4.69) is 25.9 Å². The average molecular weight is 243 g/mol. The quantitative estimate of drug-likeness (QED) is 0.665. The Kier molecular flexibility index (Phi) is 1.98. The molecule has 0 amide bonds. The van der Waals surface area contributed by atoms with Crippen molar-refractivity contribution in [3.05, 3.63) is 34.2 Å². The van der Waals surface area contributed by atoms with E-state index in [4.69, 9.17) is 11.6 Å². The van der Waals surface area contributed by atoms with Crippen LogP contribution in [0.5, 0.6) is 0 Å². The van der Waals surface area contributed by atoms with Crippen molar-refractivity contribution in [1.29, 1.82) is 0 Å². The highest BCUT2D eigenvalue weighted by Gasteiger charge is 1.99. The molecule has 2 nitrogen and oxygen atoms in total. The Balaban J connectivity index is 2.86. The lowest BCUT2D eigenvalue weighted by Gasteiger charge is -1.97. The second-order valence-corrected chi connectivity index (χ2v) is 3.50. The van der Waals surface area contributed by atoms with Crippen molar-refractivity contribution in [1.82, 2.24) is 9.97 Å². The number of nitrogens with zero attached hydrogens (tertiary/aromatic N) is 2. The van der Waals surface area contributed by atoms with Gasteiger partial charge >= 0.3 is 0 Å². The van der Waals surface area contributed by atoms with Gasteiger partial charge in [0.15, 0.2) is 0 Å². The fourth-order valence-corrected chi connectivity index (χ4v) is 1.59. The van der Waals surface area contributed by atoms with Crippen molar-refractivity contribution < 1.29 is 0 Å². The summed E-state index contributed by atoms with van der Waals surface area (Å²) in [5.41, 5.74) is 0.851. The van der Waals surface area contributed by atoms with Gasteiger partial charge in [-0.15, -0.1) is 0 Å². The van der Waals surface area contributed by atoms with Gasteiger partial charge in [-0.1, -0.05) is 22.0 Å². The largest absolute Gasteiger partial charge is 0.226 e. The van der Waals surface area contributed by atoms with Gasteiger partial charge in [0.1, 0.15) is 0 Å². The molecule has 0 saturated carbocycles. The van der Waals surface area contributed by atoms with Crippen LogP contribution in [0.1, 0.15) is 0 Å². The van der Waals surface area contributed by atoms with Gasteiger partial charge < -0.3 is 0 Å². The predicted octanol–water partition coefficient (Wildman–Crippen LogP) is 3.05. The Morgan fingerprint density at radius 2 is 2.17 bits per heavy atom. The number of halogens is 2. The van der Waals surface area contributed by atoms with Gasteiger partial charge in [-0.2, -0.15) is 0 Å². The third-order valence-corrected chi connectivity index (χ3v) is 2.42. The molecular weight excluding hydrogens is 239 g/mol. The molecule has 0 unspecified atom stereocenters. The number of rotatable bonds is 0. The Labute approximate surface area is 82.7 Å². The van der Waals surface area contributed by atoms with Crippen molar-refractivity contribution in [2.75, 3.05) is 0 Å². The smallest absolute Gasteiger partial charge is 0.222 e. The van der Waals surface area contributed by atoms with Crippen molar-refractivity contribution in [2.45, 2.75) is 0 Å². The van der Waals surface area contributed by atoms with Crippen molar-refractivity contribution in [3.63, 3.8) is 0 Å². The number of hydrogen-bond acceptors (Lipinski definition) is 2. The van der Waals surface area contributed by atoms with E-state index in [1.807, 2.05) is 18.2 Å². The summed E-state index contributed by atoms with van der Waals surface area (Å²) >= 11 is 9.03. The molecule has 0 aliphatic rings. The number of benzene rings is 1. The van der Waals surface area contributed by atoms with E-state index < -0.39 is 0 Å². The summed E-state index contributed by atoms with van der Waals surface area (Å²) < 4.78 is 0.983. The van der Waals surface area contributed by atoms with Gasteiger partial charge in [-0.3, -0.25) is 0 Å². The second kappa shape index (κ2) is 2.99. The van der Waals surface area contributed by atoms with Crippen molar-refractivity contribution in [2.24, 2.45) is 0 Å². The first-order valence-corrected chi connectivity index (χ1v) is 4.51. The summed E-state index contributed by atoms with van der Waals surface area (Å²) in [5, 5.41) is 1.25. The third kappa shape index (κ3) is 1.30. The molecule has 0 aliphatic carbocycles. The number of fused-ring (bicyclic) bond motifs is 1. The molecule has 0 fully saturated rings. The summed E-state index contributed by atoms with van der Waals surface area (Å²) in [4.78, 5) is 7.95.